The van der Waals surface area contributed by atoms with E-state index >= 15 is 0 Å². The number of hydrogen-bond donors (Lipinski definition) is 1. The molecule has 1 N–H and O–H groups in total. The Labute approximate surface area is 179 Å². The zero-order valence-electron chi connectivity index (χ0n) is 17.0. The lowest BCUT2D eigenvalue weighted by Crippen LogP contribution is -2.51. The number of amides is 2. The van der Waals surface area contributed by atoms with Crippen molar-refractivity contribution in [1.29, 1.82) is 0 Å². The molecule has 0 spiro atoms. The van der Waals surface area contributed by atoms with Gasteiger partial charge in [-0.25, -0.2) is 4.68 Å². The first-order chi connectivity index (χ1) is 14.6. The van der Waals surface area contributed by atoms with Crippen molar-refractivity contribution in [3.05, 3.63) is 47.0 Å². The van der Waals surface area contributed by atoms with E-state index in [9.17, 15) is 9.59 Å². The molecular weight excluding hydrogens is 398 g/mol. The molecule has 2 aromatic heterocycles. The first kappa shape index (κ1) is 19.3. The van der Waals surface area contributed by atoms with Crippen LogP contribution in [-0.4, -0.2) is 70.2 Å². The SMILES string of the molecule is Cc1nn(-c2ccccc2)c2sc(C(=O)N3CCN(CC(=O)NC4CC4)CC3)cc12. The van der Waals surface area contributed by atoms with Gasteiger partial charge in [-0.1, -0.05) is 18.2 Å². The number of para-hydroxylation sites is 1. The Morgan fingerprint density at radius 2 is 1.87 bits per heavy atom. The van der Waals surface area contributed by atoms with Crippen molar-refractivity contribution in [1.82, 2.24) is 24.9 Å². The highest BCUT2D eigenvalue weighted by Gasteiger charge is 2.27. The van der Waals surface area contributed by atoms with Crippen LogP contribution in [0.3, 0.4) is 0 Å². The molecule has 156 valence electrons. The number of nitrogens with zero attached hydrogens (tertiary/aromatic N) is 4. The van der Waals surface area contributed by atoms with Crippen LogP contribution < -0.4 is 5.32 Å². The predicted octanol–water partition coefficient (Wildman–Crippen LogP) is 2.43. The Balaban J connectivity index is 1.27. The number of thiophene rings is 1. The minimum absolute atomic E-state index is 0.0669. The zero-order chi connectivity index (χ0) is 20.7. The third-order valence-electron chi connectivity index (χ3n) is 5.73. The average Bonchev–Trinajstić information content (AvgIpc) is 3.36. The van der Waals surface area contributed by atoms with E-state index in [0.717, 1.165) is 52.4 Å². The second-order valence-electron chi connectivity index (χ2n) is 8.07. The van der Waals surface area contributed by atoms with Crippen molar-refractivity contribution in [2.75, 3.05) is 32.7 Å². The minimum Gasteiger partial charge on any atom is -0.352 e. The monoisotopic (exact) mass is 423 g/mol. The Kier molecular flexibility index (Phi) is 5.04. The number of carbonyl (C=O) groups excluding carboxylic acids is 2. The molecule has 1 aliphatic heterocycles. The third kappa shape index (κ3) is 3.85. The van der Waals surface area contributed by atoms with Crippen LogP contribution in [0.5, 0.6) is 0 Å². The van der Waals surface area contributed by atoms with Crippen LogP contribution in [0.4, 0.5) is 0 Å². The van der Waals surface area contributed by atoms with Crippen molar-refractivity contribution >= 4 is 33.4 Å². The van der Waals surface area contributed by atoms with Gasteiger partial charge >= 0.3 is 0 Å². The number of aromatic nitrogens is 2. The molecule has 30 heavy (non-hydrogen) atoms. The highest BCUT2D eigenvalue weighted by Crippen LogP contribution is 2.31. The van der Waals surface area contributed by atoms with Gasteiger partial charge in [0, 0.05) is 37.6 Å². The van der Waals surface area contributed by atoms with Gasteiger partial charge in [0.2, 0.25) is 5.91 Å². The maximum absolute atomic E-state index is 13.1. The number of aryl methyl sites for hydroxylation is 1. The minimum atomic E-state index is 0.0669. The van der Waals surface area contributed by atoms with E-state index in [1.165, 1.54) is 11.3 Å². The van der Waals surface area contributed by atoms with Gasteiger partial charge in [-0.15, -0.1) is 11.3 Å². The van der Waals surface area contributed by atoms with Crippen molar-refractivity contribution in [2.45, 2.75) is 25.8 Å². The van der Waals surface area contributed by atoms with Gasteiger partial charge in [0.1, 0.15) is 4.83 Å². The lowest BCUT2D eigenvalue weighted by atomic mass is 10.2. The Morgan fingerprint density at radius 3 is 2.57 bits per heavy atom. The molecule has 3 aromatic rings. The van der Waals surface area contributed by atoms with E-state index in [1.807, 2.05) is 52.9 Å². The zero-order valence-corrected chi connectivity index (χ0v) is 17.8. The van der Waals surface area contributed by atoms with Crippen molar-refractivity contribution in [2.24, 2.45) is 0 Å². The first-order valence-corrected chi connectivity index (χ1v) is 11.3. The standard InChI is InChI=1S/C22H25N5O2S/c1-15-18-13-19(30-22(18)27(24-15)17-5-3-2-4-6-17)21(29)26-11-9-25(10-12-26)14-20(28)23-16-7-8-16/h2-6,13,16H,7-12,14H2,1H3,(H,23,28). The molecule has 2 aliphatic rings. The Hall–Kier alpha value is -2.71. The molecule has 0 bridgehead atoms. The summed E-state index contributed by atoms with van der Waals surface area (Å²) < 4.78 is 1.92. The van der Waals surface area contributed by atoms with Crippen LogP contribution in [0.25, 0.3) is 15.9 Å². The van der Waals surface area contributed by atoms with Crippen LogP contribution >= 0.6 is 11.3 Å². The number of benzene rings is 1. The summed E-state index contributed by atoms with van der Waals surface area (Å²) in [7, 11) is 0. The summed E-state index contributed by atoms with van der Waals surface area (Å²) in [5.74, 6) is 0.167. The number of carbonyl (C=O) groups is 2. The molecule has 1 saturated carbocycles. The summed E-state index contributed by atoms with van der Waals surface area (Å²) >= 11 is 1.50. The number of fused-ring (bicyclic) bond motifs is 1. The lowest BCUT2D eigenvalue weighted by molar-refractivity contribution is -0.122. The molecule has 0 atom stereocenters. The molecular formula is C22H25N5O2S. The van der Waals surface area contributed by atoms with E-state index in [4.69, 9.17) is 0 Å². The lowest BCUT2D eigenvalue weighted by Gasteiger charge is -2.34. The van der Waals surface area contributed by atoms with Gasteiger partial charge in [0.15, 0.2) is 0 Å². The molecule has 5 rings (SSSR count). The normalized spacial score (nSPS) is 17.4. The molecule has 1 saturated heterocycles. The molecule has 2 fully saturated rings. The number of rotatable bonds is 5. The second-order valence-corrected chi connectivity index (χ2v) is 9.10. The number of nitrogens with one attached hydrogen (secondary N) is 1. The first-order valence-electron chi connectivity index (χ1n) is 10.4. The van der Waals surface area contributed by atoms with Gasteiger partial charge in [0.25, 0.3) is 5.91 Å². The van der Waals surface area contributed by atoms with E-state index in [2.05, 4.69) is 15.3 Å². The quantitative estimate of drug-likeness (QED) is 0.684. The van der Waals surface area contributed by atoms with Crippen LogP contribution in [0.15, 0.2) is 36.4 Å². The van der Waals surface area contributed by atoms with Gasteiger partial charge in [-0.2, -0.15) is 5.10 Å². The fraction of sp³-hybridized carbons (Fsp3) is 0.409. The Morgan fingerprint density at radius 1 is 1.13 bits per heavy atom. The summed E-state index contributed by atoms with van der Waals surface area (Å²) in [6, 6.07) is 12.4. The molecule has 0 radical (unpaired) electrons. The largest absolute Gasteiger partial charge is 0.352 e. The van der Waals surface area contributed by atoms with Crippen molar-refractivity contribution in [3.8, 4) is 5.69 Å². The fourth-order valence-corrected chi connectivity index (χ4v) is 5.02. The Bertz CT molecular complexity index is 1080. The highest BCUT2D eigenvalue weighted by atomic mass is 32.1. The molecule has 2 amide bonds. The van der Waals surface area contributed by atoms with Crippen molar-refractivity contribution in [3.63, 3.8) is 0 Å². The van der Waals surface area contributed by atoms with E-state index in [0.29, 0.717) is 25.7 Å². The molecule has 1 aromatic carbocycles. The van der Waals surface area contributed by atoms with E-state index in [1.54, 1.807) is 0 Å². The van der Waals surface area contributed by atoms with Crippen LogP contribution in [0.1, 0.15) is 28.2 Å². The summed E-state index contributed by atoms with van der Waals surface area (Å²) in [6.45, 7) is 5.15. The molecule has 8 heteroatoms. The summed E-state index contributed by atoms with van der Waals surface area (Å²) in [6.07, 6.45) is 2.20. The highest BCUT2D eigenvalue weighted by molar-refractivity contribution is 7.20. The van der Waals surface area contributed by atoms with Crippen molar-refractivity contribution < 1.29 is 9.59 Å². The van der Waals surface area contributed by atoms with Gasteiger partial charge < -0.3 is 10.2 Å². The maximum atomic E-state index is 13.1. The topological polar surface area (TPSA) is 70.5 Å². The average molecular weight is 424 g/mol. The molecule has 1 aliphatic carbocycles. The van der Waals surface area contributed by atoms with Crippen LogP contribution in [-0.2, 0) is 4.79 Å². The number of piperazine rings is 1. The molecule has 7 nitrogen and oxygen atoms in total. The predicted molar refractivity (Wildman–Crippen MR) is 117 cm³/mol. The maximum Gasteiger partial charge on any atom is 0.264 e. The fourth-order valence-electron chi connectivity index (χ4n) is 3.87. The van der Waals surface area contributed by atoms with Crippen LogP contribution in [0.2, 0.25) is 0 Å². The summed E-state index contributed by atoms with van der Waals surface area (Å²) in [5.41, 5.74) is 1.92. The number of hydrogen-bond acceptors (Lipinski definition) is 5. The van der Waals surface area contributed by atoms with Gasteiger partial charge in [0.05, 0.1) is 22.8 Å². The second kappa shape index (κ2) is 7.85. The van der Waals surface area contributed by atoms with Gasteiger partial charge in [-0.05, 0) is 38.0 Å². The smallest absolute Gasteiger partial charge is 0.264 e. The summed E-state index contributed by atoms with van der Waals surface area (Å²) in [4.78, 5) is 30.9. The van der Waals surface area contributed by atoms with Gasteiger partial charge in [-0.3, -0.25) is 14.5 Å². The van der Waals surface area contributed by atoms with E-state index in [-0.39, 0.29) is 11.8 Å². The van der Waals surface area contributed by atoms with E-state index < -0.39 is 0 Å². The molecule has 3 heterocycles. The summed E-state index contributed by atoms with van der Waals surface area (Å²) in [5, 5.41) is 8.71. The molecule has 0 unspecified atom stereocenters. The van der Waals surface area contributed by atoms with Crippen LogP contribution in [0, 0.1) is 6.92 Å². The third-order valence-corrected chi connectivity index (χ3v) is 6.82.